The van der Waals surface area contributed by atoms with Gasteiger partial charge in [-0.25, -0.2) is 4.79 Å². The zero-order valence-electron chi connectivity index (χ0n) is 13.3. The molecule has 2 fully saturated rings. The third-order valence-corrected chi connectivity index (χ3v) is 4.25. The highest BCUT2D eigenvalue weighted by atomic mass is 16.6. The first-order valence-corrected chi connectivity index (χ1v) is 8.04. The molecule has 1 atom stereocenters. The van der Waals surface area contributed by atoms with Crippen molar-refractivity contribution in [1.29, 1.82) is 0 Å². The number of rotatable bonds is 2. The van der Waals surface area contributed by atoms with Crippen molar-refractivity contribution >= 4 is 6.09 Å². The van der Waals surface area contributed by atoms with E-state index in [0.717, 1.165) is 19.4 Å². The van der Waals surface area contributed by atoms with E-state index in [1.165, 1.54) is 24.0 Å². The fraction of sp³-hybridized carbons (Fsp3) is 0.611. The summed E-state index contributed by atoms with van der Waals surface area (Å²) in [7, 11) is 0. The van der Waals surface area contributed by atoms with Gasteiger partial charge in [0.15, 0.2) is 0 Å². The average molecular weight is 287 g/mol. The molecule has 114 valence electrons. The van der Waals surface area contributed by atoms with Gasteiger partial charge < -0.3 is 9.64 Å². The average Bonchev–Trinajstić information content (AvgIpc) is 3.13. The molecule has 0 unspecified atom stereocenters. The van der Waals surface area contributed by atoms with Crippen LogP contribution in [0.15, 0.2) is 24.3 Å². The van der Waals surface area contributed by atoms with Crippen LogP contribution in [0.2, 0.25) is 0 Å². The van der Waals surface area contributed by atoms with Gasteiger partial charge in [0.25, 0.3) is 0 Å². The van der Waals surface area contributed by atoms with Crippen molar-refractivity contribution in [2.45, 2.75) is 64.0 Å². The van der Waals surface area contributed by atoms with E-state index < -0.39 is 5.60 Å². The van der Waals surface area contributed by atoms with Crippen molar-refractivity contribution in [3.8, 4) is 0 Å². The molecular weight excluding hydrogens is 262 g/mol. The Morgan fingerprint density at radius 2 is 1.81 bits per heavy atom. The Morgan fingerprint density at radius 3 is 2.43 bits per heavy atom. The fourth-order valence-corrected chi connectivity index (χ4v) is 3.21. The second-order valence-corrected chi connectivity index (χ2v) is 7.23. The number of benzene rings is 1. The standard InChI is InChI=1S/C18H25NO2/c1-18(2,3)21-17(20)19-12-6-9-16(19)15-8-5-4-7-14(15)13-10-11-13/h4-5,7-8,13,16H,6,9-12H2,1-3H3/t16-/m0/s1. The number of amides is 1. The first-order chi connectivity index (χ1) is 9.96. The number of likely N-dealkylation sites (tertiary alicyclic amines) is 1. The molecule has 1 aromatic carbocycles. The maximum Gasteiger partial charge on any atom is 0.410 e. The Bertz CT molecular complexity index is 528. The largest absolute Gasteiger partial charge is 0.444 e. The van der Waals surface area contributed by atoms with Crippen LogP contribution in [0.5, 0.6) is 0 Å². The summed E-state index contributed by atoms with van der Waals surface area (Å²) < 4.78 is 5.58. The number of carbonyl (C=O) groups is 1. The third kappa shape index (κ3) is 3.22. The normalized spacial score (nSPS) is 22.4. The lowest BCUT2D eigenvalue weighted by atomic mass is 9.96. The Balaban J connectivity index is 1.82. The molecule has 3 rings (SSSR count). The molecule has 1 saturated heterocycles. The quantitative estimate of drug-likeness (QED) is 0.793. The van der Waals surface area contributed by atoms with Crippen molar-refractivity contribution in [2.24, 2.45) is 0 Å². The van der Waals surface area contributed by atoms with Crippen LogP contribution in [0, 0.1) is 0 Å². The highest BCUT2D eigenvalue weighted by molar-refractivity contribution is 5.69. The third-order valence-electron chi connectivity index (χ3n) is 4.25. The van der Waals surface area contributed by atoms with Crippen LogP contribution < -0.4 is 0 Å². The fourth-order valence-electron chi connectivity index (χ4n) is 3.21. The van der Waals surface area contributed by atoms with Gasteiger partial charge in [-0.2, -0.15) is 0 Å². The maximum absolute atomic E-state index is 12.4. The molecule has 1 aromatic rings. The van der Waals surface area contributed by atoms with Gasteiger partial charge in [0.1, 0.15) is 5.60 Å². The van der Waals surface area contributed by atoms with Gasteiger partial charge >= 0.3 is 6.09 Å². The van der Waals surface area contributed by atoms with Crippen molar-refractivity contribution < 1.29 is 9.53 Å². The summed E-state index contributed by atoms with van der Waals surface area (Å²) in [5, 5.41) is 0. The molecule has 0 spiro atoms. The van der Waals surface area contributed by atoms with E-state index in [0.29, 0.717) is 5.92 Å². The number of ether oxygens (including phenoxy) is 1. The lowest BCUT2D eigenvalue weighted by Crippen LogP contribution is -2.36. The van der Waals surface area contributed by atoms with Gasteiger partial charge in [-0.15, -0.1) is 0 Å². The van der Waals surface area contributed by atoms with Crippen LogP contribution in [-0.2, 0) is 4.74 Å². The summed E-state index contributed by atoms with van der Waals surface area (Å²) in [6.07, 6.45) is 4.51. The van der Waals surface area contributed by atoms with Crippen LogP contribution >= 0.6 is 0 Å². The number of hydrogen-bond acceptors (Lipinski definition) is 2. The van der Waals surface area contributed by atoms with Crippen molar-refractivity contribution in [1.82, 2.24) is 4.90 Å². The summed E-state index contributed by atoms with van der Waals surface area (Å²) >= 11 is 0. The van der Waals surface area contributed by atoms with Crippen LogP contribution in [0.25, 0.3) is 0 Å². The van der Waals surface area contributed by atoms with Crippen molar-refractivity contribution in [2.75, 3.05) is 6.54 Å². The van der Waals surface area contributed by atoms with Crippen LogP contribution in [0.1, 0.15) is 69.5 Å². The maximum atomic E-state index is 12.4. The van der Waals surface area contributed by atoms with Gasteiger partial charge in [-0.1, -0.05) is 24.3 Å². The Morgan fingerprint density at radius 1 is 1.14 bits per heavy atom. The zero-order chi connectivity index (χ0) is 15.0. The van der Waals surface area contributed by atoms with Crippen molar-refractivity contribution in [3.63, 3.8) is 0 Å². The van der Waals surface area contributed by atoms with Crippen LogP contribution in [0.3, 0.4) is 0 Å². The van der Waals surface area contributed by atoms with E-state index in [1.807, 2.05) is 25.7 Å². The lowest BCUT2D eigenvalue weighted by molar-refractivity contribution is 0.0224. The van der Waals surface area contributed by atoms with Gasteiger partial charge in [-0.3, -0.25) is 0 Å². The predicted octanol–water partition coefficient (Wildman–Crippen LogP) is 4.64. The first-order valence-electron chi connectivity index (χ1n) is 8.04. The SMILES string of the molecule is CC(C)(C)OC(=O)N1CCC[C@H]1c1ccccc1C1CC1. The van der Waals surface area contributed by atoms with Gasteiger partial charge in [-0.05, 0) is 63.5 Å². The van der Waals surface area contributed by atoms with E-state index >= 15 is 0 Å². The number of carbonyl (C=O) groups excluding carboxylic acids is 1. The van der Waals surface area contributed by atoms with Crippen molar-refractivity contribution in [3.05, 3.63) is 35.4 Å². The number of hydrogen-bond donors (Lipinski definition) is 0. The van der Waals surface area contributed by atoms with Gasteiger partial charge in [0, 0.05) is 6.54 Å². The second kappa shape index (κ2) is 5.36. The summed E-state index contributed by atoms with van der Waals surface area (Å²) in [5.74, 6) is 0.710. The highest BCUT2D eigenvalue weighted by Gasteiger charge is 2.36. The minimum Gasteiger partial charge on any atom is -0.444 e. The first kappa shape index (κ1) is 14.4. The lowest BCUT2D eigenvalue weighted by Gasteiger charge is -2.29. The number of nitrogens with zero attached hydrogens (tertiary/aromatic N) is 1. The molecular formula is C18H25NO2. The molecule has 1 heterocycles. The summed E-state index contributed by atoms with van der Waals surface area (Å²) in [4.78, 5) is 14.4. The molecule has 2 aliphatic rings. The summed E-state index contributed by atoms with van der Waals surface area (Å²) in [6.45, 7) is 6.58. The predicted molar refractivity (Wildman–Crippen MR) is 83.3 cm³/mol. The van der Waals surface area contributed by atoms with E-state index in [4.69, 9.17) is 4.74 Å². The molecule has 1 aliphatic carbocycles. The molecule has 0 aromatic heterocycles. The molecule has 0 N–H and O–H groups in total. The van der Waals surface area contributed by atoms with Gasteiger partial charge in [0.05, 0.1) is 6.04 Å². The molecule has 3 nitrogen and oxygen atoms in total. The van der Waals surface area contributed by atoms with E-state index in [9.17, 15) is 4.79 Å². The smallest absolute Gasteiger partial charge is 0.410 e. The zero-order valence-corrected chi connectivity index (χ0v) is 13.3. The van der Waals surface area contributed by atoms with E-state index in [1.54, 1.807) is 0 Å². The molecule has 1 saturated carbocycles. The Labute approximate surface area is 127 Å². The molecule has 0 radical (unpaired) electrons. The van der Waals surface area contributed by atoms with Crippen LogP contribution in [-0.4, -0.2) is 23.1 Å². The molecule has 3 heteroatoms. The molecule has 21 heavy (non-hydrogen) atoms. The summed E-state index contributed by atoms with van der Waals surface area (Å²) in [6, 6.07) is 8.83. The highest BCUT2D eigenvalue weighted by Crippen LogP contribution is 2.45. The minimum atomic E-state index is -0.430. The second-order valence-electron chi connectivity index (χ2n) is 7.23. The minimum absolute atomic E-state index is 0.171. The molecule has 1 amide bonds. The van der Waals surface area contributed by atoms with Gasteiger partial charge in [0.2, 0.25) is 0 Å². The molecule has 0 bridgehead atoms. The van der Waals surface area contributed by atoms with E-state index in [2.05, 4.69) is 24.3 Å². The summed E-state index contributed by atoms with van der Waals surface area (Å²) in [5.41, 5.74) is 2.35. The van der Waals surface area contributed by atoms with E-state index in [-0.39, 0.29) is 12.1 Å². The molecule has 1 aliphatic heterocycles. The Hall–Kier alpha value is -1.51. The Kier molecular flexibility index (Phi) is 3.68. The monoisotopic (exact) mass is 287 g/mol. The topological polar surface area (TPSA) is 29.5 Å². The van der Waals surface area contributed by atoms with Crippen LogP contribution in [0.4, 0.5) is 4.79 Å².